The van der Waals surface area contributed by atoms with Gasteiger partial charge in [0.1, 0.15) is 23.2 Å². The Labute approximate surface area is 144 Å². The predicted molar refractivity (Wildman–Crippen MR) is 94.0 cm³/mol. The molecule has 0 radical (unpaired) electrons. The van der Waals surface area contributed by atoms with E-state index in [0.717, 1.165) is 10.9 Å². The molecule has 0 unspecified atom stereocenters. The van der Waals surface area contributed by atoms with Crippen LogP contribution in [0.15, 0.2) is 42.5 Å². The quantitative estimate of drug-likeness (QED) is 0.667. The molecule has 2 aromatic carbocycles. The lowest BCUT2D eigenvalue weighted by Crippen LogP contribution is -2.06. The number of nitrogens with one attached hydrogen (secondary N) is 1. The monoisotopic (exact) mass is 345 g/mol. The Kier molecular flexibility index (Phi) is 5.11. The van der Waals surface area contributed by atoms with E-state index in [0.29, 0.717) is 36.1 Å². The smallest absolute Gasteiger partial charge is 0.146 e. The summed E-state index contributed by atoms with van der Waals surface area (Å²) in [4.78, 5) is 8.80. The fourth-order valence-electron chi connectivity index (χ4n) is 2.43. The van der Waals surface area contributed by atoms with Gasteiger partial charge in [0.15, 0.2) is 0 Å². The fraction of sp³-hybridized carbons (Fsp3) is 0.222. The maximum atomic E-state index is 14.2. The van der Waals surface area contributed by atoms with Crippen LogP contribution in [0, 0.1) is 5.82 Å². The van der Waals surface area contributed by atoms with Crippen molar-refractivity contribution in [1.29, 1.82) is 0 Å². The molecule has 0 spiro atoms. The second kappa shape index (κ2) is 7.45. The minimum Gasteiger partial charge on any atom is -0.494 e. The van der Waals surface area contributed by atoms with Gasteiger partial charge in [-0.25, -0.2) is 14.4 Å². The van der Waals surface area contributed by atoms with Gasteiger partial charge >= 0.3 is 0 Å². The van der Waals surface area contributed by atoms with Gasteiger partial charge < -0.3 is 10.1 Å². The van der Waals surface area contributed by atoms with Crippen LogP contribution in [0.25, 0.3) is 10.9 Å². The SMILES string of the molecule is CCOc1ccc(CNc2nc(CCl)nc3ccccc23)c(F)c1. The first kappa shape index (κ1) is 16.5. The van der Waals surface area contributed by atoms with Crippen LogP contribution in [0.5, 0.6) is 5.75 Å². The minimum atomic E-state index is -0.315. The molecule has 3 rings (SSSR count). The molecule has 0 saturated heterocycles. The Morgan fingerprint density at radius 1 is 1.17 bits per heavy atom. The largest absolute Gasteiger partial charge is 0.494 e. The van der Waals surface area contributed by atoms with Gasteiger partial charge in [-0.2, -0.15) is 0 Å². The Bertz CT molecular complexity index is 857. The highest BCUT2D eigenvalue weighted by atomic mass is 35.5. The lowest BCUT2D eigenvalue weighted by molar-refractivity contribution is 0.338. The molecule has 1 heterocycles. The van der Waals surface area contributed by atoms with Gasteiger partial charge in [0.25, 0.3) is 0 Å². The Morgan fingerprint density at radius 2 is 2.00 bits per heavy atom. The fourth-order valence-corrected chi connectivity index (χ4v) is 2.55. The Balaban J connectivity index is 1.85. The normalized spacial score (nSPS) is 10.8. The van der Waals surface area contributed by atoms with Crippen LogP contribution < -0.4 is 10.1 Å². The summed E-state index contributed by atoms with van der Waals surface area (Å²) < 4.78 is 19.5. The van der Waals surface area contributed by atoms with Crippen molar-refractivity contribution < 1.29 is 9.13 Å². The van der Waals surface area contributed by atoms with Crippen molar-refractivity contribution in [2.75, 3.05) is 11.9 Å². The number of anilines is 1. The van der Waals surface area contributed by atoms with E-state index in [1.807, 2.05) is 31.2 Å². The van der Waals surface area contributed by atoms with Crippen LogP contribution in [0.2, 0.25) is 0 Å². The average Bonchev–Trinajstić information content (AvgIpc) is 2.61. The molecule has 6 heteroatoms. The summed E-state index contributed by atoms with van der Waals surface area (Å²) in [5.41, 5.74) is 1.34. The zero-order valence-electron chi connectivity index (χ0n) is 13.2. The van der Waals surface area contributed by atoms with Gasteiger partial charge in [-0.05, 0) is 25.1 Å². The first-order valence-corrected chi connectivity index (χ1v) is 8.21. The van der Waals surface area contributed by atoms with Gasteiger partial charge in [-0.3, -0.25) is 0 Å². The van der Waals surface area contributed by atoms with Crippen molar-refractivity contribution >= 4 is 28.3 Å². The summed E-state index contributed by atoms with van der Waals surface area (Å²) in [5, 5.41) is 4.05. The molecule has 4 nitrogen and oxygen atoms in total. The summed E-state index contributed by atoms with van der Waals surface area (Å²) in [6.07, 6.45) is 0. The zero-order valence-corrected chi connectivity index (χ0v) is 14.0. The molecule has 0 aliphatic carbocycles. The number of rotatable bonds is 6. The van der Waals surface area contributed by atoms with E-state index in [1.165, 1.54) is 6.07 Å². The van der Waals surface area contributed by atoms with Crippen LogP contribution in [0.1, 0.15) is 18.3 Å². The summed E-state index contributed by atoms with van der Waals surface area (Å²) in [6.45, 7) is 2.67. The first-order chi connectivity index (χ1) is 11.7. The van der Waals surface area contributed by atoms with E-state index in [4.69, 9.17) is 16.3 Å². The minimum absolute atomic E-state index is 0.219. The molecule has 24 heavy (non-hydrogen) atoms. The molecule has 0 aliphatic heterocycles. The molecular formula is C18H17ClFN3O. The molecule has 1 N–H and O–H groups in total. The molecule has 1 aromatic heterocycles. The number of nitrogens with zero attached hydrogens (tertiary/aromatic N) is 2. The third-order valence-corrected chi connectivity index (χ3v) is 3.79. The predicted octanol–water partition coefficient (Wildman–Crippen LogP) is 4.52. The maximum absolute atomic E-state index is 14.2. The van der Waals surface area contributed by atoms with Crippen LogP contribution in [-0.2, 0) is 12.4 Å². The molecule has 0 saturated carbocycles. The number of para-hydroxylation sites is 1. The van der Waals surface area contributed by atoms with Crippen molar-refractivity contribution in [2.45, 2.75) is 19.3 Å². The topological polar surface area (TPSA) is 47.0 Å². The number of ether oxygens (including phenoxy) is 1. The lowest BCUT2D eigenvalue weighted by Gasteiger charge is -2.11. The van der Waals surface area contributed by atoms with Crippen molar-refractivity contribution in [2.24, 2.45) is 0 Å². The third-order valence-electron chi connectivity index (χ3n) is 3.55. The molecule has 0 aliphatic rings. The van der Waals surface area contributed by atoms with E-state index < -0.39 is 0 Å². The highest BCUT2D eigenvalue weighted by Crippen LogP contribution is 2.22. The molecule has 0 bridgehead atoms. The van der Waals surface area contributed by atoms with Gasteiger partial charge in [0.2, 0.25) is 0 Å². The second-order valence-electron chi connectivity index (χ2n) is 5.18. The second-order valence-corrected chi connectivity index (χ2v) is 5.45. The molecule has 0 fully saturated rings. The highest BCUT2D eigenvalue weighted by Gasteiger charge is 2.09. The van der Waals surface area contributed by atoms with Crippen molar-refractivity contribution in [3.8, 4) is 5.75 Å². The van der Waals surface area contributed by atoms with Crippen LogP contribution in [0.4, 0.5) is 10.2 Å². The zero-order chi connectivity index (χ0) is 16.9. The standard InChI is InChI=1S/C18H17ClFN3O/c1-2-24-13-8-7-12(15(20)9-13)11-21-18-14-5-3-4-6-16(14)22-17(10-19)23-18/h3-9H,2,10-11H2,1H3,(H,21,22,23). The molecule has 0 atom stereocenters. The van der Waals surface area contributed by atoms with E-state index in [2.05, 4.69) is 15.3 Å². The Morgan fingerprint density at radius 3 is 2.75 bits per heavy atom. The van der Waals surface area contributed by atoms with Gasteiger partial charge in [0, 0.05) is 23.6 Å². The van der Waals surface area contributed by atoms with Crippen LogP contribution in [-0.4, -0.2) is 16.6 Å². The van der Waals surface area contributed by atoms with Gasteiger partial charge in [-0.15, -0.1) is 11.6 Å². The third kappa shape index (κ3) is 3.57. The molecule has 3 aromatic rings. The number of aromatic nitrogens is 2. The lowest BCUT2D eigenvalue weighted by atomic mass is 10.2. The number of fused-ring (bicyclic) bond motifs is 1. The Hall–Kier alpha value is -2.40. The number of hydrogen-bond donors (Lipinski definition) is 1. The van der Waals surface area contributed by atoms with E-state index in [-0.39, 0.29) is 11.7 Å². The highest BCUT2D eigenvalue weighted by molar-refractivity contribution is 6.16. The van der Waals surface area contributed by atoms with Crippen molar-refractivity contribution in [1.82, 2.24) is 9.97 Å². The van der Waals surface area contributed by atoms with Crippen LogP contribution >= 0.6 is 11.6 Å². The number of hydrogen-bond acceptors (Lipinski definition) is 4. The first-order valence-electron chi connectivity index (χ1n) is 7.68. The average molecular weight is 346 g/mol. The molecular weight excluding hydrogens is 329 g/mol. The summed E-state index contributed by atoms with van der Waals surface area (Å²) in [6, 6.07) is 12.5. The number of halogens is 2. The molecule has 0 amide bonds. The number of benzene rings is 2. The van der Waals surface area contributed by atoms with Gasteiger partial charge in [0.05, 0.1) is 18.0 Å². The summed E-state index contributed by atoms with van der Waals surface area (Å²) in [5.74, 6) is 1.60. The number of alkyl halides is 1. The van der Waals surface area contributed by atoms with Crippen molar-refractivity contribution in [3.63, 3.8) is 0 Å². The van der Waals surface area contributed by atoms with E-state index in [9.17, 15) is 4.39 Å². The van der Waals surface area contributed by atoms with E-state index >= 15 is 0 Å². The summed E-state index contributed by atoms with van der Waals surface area (Å²) in [7, 11) is 0. The summed E-state index contributed by atoms with van der Waals surface area (Å²) >= 11 is 5.86. The van der Waals surface area contributed by atoms with Crippen LogP contribution in [0.3, 0.4) is 0 Å². The van der Waals surface area contributed by atoms with Gasteiger partial charge in [-0.1, -0.05) is 18.2 Å². The van der Waals surface area contributed by atoms with Crippen molar-refractivity contribution in [3.05, 3.63) is 59.7 Å². The van der Waals surface area contributed by atoms with E-state index in [1.54, 1.807) is 12.1 Å². The maximum Gasteiger partial charge on any atom is 0.146 e. The molecule has 124 valence electrons.